The molecule has 3 heterocycles. The highest BCUT2D eigenvalue weighted by molar-refractivity contribution is 6.30. The maximum atomic E-state index is 14.6. The molecule has 0 amide bonds. The Bertz CT molecular complexity index is 1200. The van der Waals surface area contributed by atoms with Gasteiger partial charge in [-0.1, -0.05) is 11.6 Å². The number of fused-ring (bicyclic) bond motifs is 1. The number of nitrogens with zero attached hydrogens (tertiary/aromatic N) is 3. The quantitative estimate of drug-likeness (QED) is 0.469. The van der Waals surface area contributed by atoms with Crippen molar-refractivity contribution in [2.75, 3.05) is 44.4 Å². The third kappa shape index (κ3) is 4.99. The summed E-state index contributed by atoms with van der Waals surface area (Å²) in [4.78, 5) is 22.9. The number of carbonyl (C=O) groups is 1. The van der Waals surface area contributed by atoms with Crippen molar-refractivity contribution < 1.29 is 19.0 Å². The number of nitrogens with one attached hydrogen (secondary N) is 2. The summed E-state index contributed by atoms with van der Waals surface area (Å²) in [7, 11) is 3.82. The number of aromatic nitrogens is 2. The molecule has 33 heavy (non-hydrogen) atoms. The molecule has 0 bridgehead atoms. The van der Waals surface area contributed by atoms with E-state index in [4.69, 9.17) is 16.3 Å². The summed E-state index contributed by atoms with van der Waals surface area (Å²) >= 11 is 6.08. The van der Waals surface area contributed by atoms with E-state index >= 15 is 0 Å². The van der Waals surface area contributed by atoms with Crippen LogP contribution in [0.15, 0.2) is 36.5 Å². The molecule has 1 aliphatic rings. The van der Waals surface area contributed by atoms with Gasteiger partial charge in [-0.3, -0.25) is 4.98 Å². The van der Waals surface area contributed by atoms with Crippen molar-refractivity contribution in [2.24, 2.45) is 0 Å². The molecule has 10 heteroatoms. The molecular formula is C23H23ClFN5O3. The summed E-state index contributed by atoms with van der Waals surface area (Å²) in [6, 6.07) is 7.44. The van der Waals surface area contributed by atoms with Gasteiger partial charge >= 0.3 is 5.97 Å². The Morgan fingerprint density at radius 1 is 1.30 bits per heavy atom. The third-order valence-electron chi connectivity index (χ3n) is 5.13. The van der Waals surface area contributed by atoms with Crippen molar-refractivity contribution in [2.45, 2.75) is 6.42 Å². The van der Waals surface area contributed by atoms with E-state index in [2.05, 4.69) is 20.6 Å². The number of carboxylic acid groups (broad SMARTS) is 1. The van der Waals surface area contributed by atoms with Gasteiger partial charge in [-0.05, 0) is 44.4 Å². The number of aromatic carboxylic acids is 1. The number of anilines is 3. The number of hydrogen-bond acceptors (Lipinski definition) is 7. The second-order valence-electron chi connectivity index (χ2n) is 7.80. The Hall–Kier alpha value is -3.43. The maximum absolute atomic E-state index is 14.6. The number of hydrogen-bond donors (Lipinski definition) is 3. The Kier molecular flexibility index (Phi) is 6.62. The van der Waals surface area contributed by atoms with E-state index in [9.17, 15) is 14.3 Å². The maximum Gasteiger partial charge on any atom is 0.339 e. The van der Waals surface area contributed by atoms with Crippen LogP contribution < -0.4 is 15.4 Å². The van der Waals surface area contributed by atoms with Gasteiger partial charge in [0.1, 0.15) is 18.0 Å². The van der Waals surface area contributed by atoms with Gasteiger partial charge in [0.2, 0.25) is 0 Å². The smallest absolute Gasteiger partial charge is 0.339 e. The largest absolute Gasteiger partial charge is 0.486 e. The van der Waals surface area contributed by atoms with Crippen molar-refractivity contribution in [3.63, 3.8) is 0 Å². The molecule has 3 N–H and O–H groups in total. The molecule has 0 aliphatic carbocycles. The van der Waals surface area contributed by atoms with E-state index in [0.29, 0.717) is 65.5 Å². The van der Waals surface area contributed by atoms with Crippen LogP contribution in [0.25, 0.3) is 11.3 Å². The molecule has 0 fully saturated rings. The lowest BCUT2D eigenvalue weighted by atomic mass is 10.1. The van der Waals surface area contributed by atoms with E-state index in [-0.39, 0.29) is 11.1 Å². The topological polar surface area (TPSA) is 99.6 Å². The van der Waals surface area contributed by atoms with E-state index in [0.717, 1.165) is 0 Å². The number of benzene rings is 1. The van der Waals surface area contributed by atoms with Crippen LogP contribution in [0.4, 0.5) is 21.6 Å². The summed E-state index contributed by atoms with van der Waals surface area (Å²) in [6.07, 6.45) is 2.03. The molecule has 0 atom stereocenters. The molecule has 0 radical (unpaired) electrons. The van der Waals surface area contributed by atoms with Crippen LogP contribution in [0.3, 0.4) is 0 Å². The van der Waals surface area contributed by atoms with Gasteiger partial charge < -0.3 is 25.4 Å². The second-order valence-corrected chi connectivity index (χ2v) is 8.23. The minimum atomic E-state index is -1.09. The first-order chi connectivity index (χ1) is 15.8. The molecular weight excluding hydrogens is 449 g/mol. The number of rotatable bonds is 7. The van der Waals surface area contributed by atoms with Crippen molar-refractivity contribution in [1.82, 2.24) is 14.9 Å². The molecule has 0 unspecified atom stereocenters. The molecule has 0 saturated heterocycles. The SMILES string of the molecule is CN(C)CCc1nccc(Nc2cc(-c3cc(Cl)ccc3F)nc3c2OCCN3)c1C(=O)O. The molecule has 2 aromatic heterocycles. The summed E-state index contributed by atoms with van der Waals surface area (Å²) in [5.41, 5.74) is 1.89. The average Bonchev–Trinajstić information content (AvgIpc) is 2.79. The van der Waals surface area contributed by atoms with Gasteiger partial charge in [0, 0.05) is 29.7 Å². The number of carboxylic acids is 1. The summed E-state index contributed by atoms with van der Waals surface area (Å²) in [6.45, 7) is 1.59. The summed E-state index contributed by atoms with van der Waals surface area (Å²) in [5, 5.41) is 16.6. The molecule has 1 aromatic carbocycles. The van der Waals surface area contributed by atoms with Crippen LogP contribution in [-0.2, 0) is 6.42 Å². The summed E-state index contributed by atoms with van der Waals surface area (Å²) < 4.78 is 20.4. The standard InChI is InChI=1S/C23H23ClFN5O3/c1-30(2)9-6-16-20(23(31)32)17(5-7-26-16)28-19-12-18(14-11-13(24)3-4-15(14)25)29-22-21(19)33-10-8-27-22/h3-5,7,11-12H,6,8-10H2,1-2H3,(H,31,32)(H2,26,27,28,29). The number of ether oxygens (including phenoxy) is 1. The predicted octanol–water partition coefficient (Wildman–Crippen LogP) is 4.29. The Morgan fingerprint density at radius 3 is 2.88 bits per heavy atom. The van der Waals surface area contributed by atoms with E-state index in [1.165, 1.54) is 18.2 Å². The second kappa shape index (κ2) is 9.60. The zero-order valence-corrected chi connectivity index (χ0v) is 18.9. The average molecular weight is 472 g/mol. The fraction of sp³-hybridized carbons (Fsp3) is 0.261. The molecule has 0 saturated carbocycles. The van der Waals surface area contributed by atoms with Crippen LogP contribution >= 0.6 is 11.6 Å². The minimum Gasteiger partial charge on any atom is -0.486 e. The summed E-state index contributed by atoms with van der Waals surface area (Å²) in [5.74, 6) is -0.715. The van der Waals surface area contributed by atoms with Crippen LogP contribution in [0.1, 0.15) is 16.1 Å². The highest BCUT2D eigenvalue weighted by Crippen LogP contribution is 2.40. The van der Waals surface area contributed by atoms with Crippen LogP contribution in [0.2, 0.25) is 5.02 Å². The van der Waals surface area contributed by atoms with Crippen molar-refractivity contribution in [1.29, 1.82) is 0 Å². The highest BCUT2D eigenvalue weighted by Gasteiger charge is 2.23. The lowest BCUT2D eigenvalue weighted by molar-refractivity contribution is 0.0696. The molecule has 3 aromatic rings. The van der Waals surface area contributed by atoms with Gasteiger partial charge in [-0.2, -0.15) is 0 Å². The Balaban J connectivity index is 1.80. The lowest BCUT2D eigenvalue weighted by Gasteiger charge is -2.23. The van der Waals surface area contributed by atoms with Crippen molar-refractivity contribution in [3.05, 3.63) is 58.6 Å². The molecule has 1 aliphatic heterocycles. The van der Waals surface area contributed by atoms with E-state index in [1.54, 1.807) is 18.3 Å². The molecule has 0 spiro atoms. The molecule has 4 rings (SSSR count). The van der Waals surface area contributed by atoms with E-state index in [1.807, 2.05) is 19.0 Å². The van der Waals surface area contributed by atoms with Gasteiger partial charge in [0.25, 0.3) is 0 Å². The predicted molar refractivity (Wildman–Crippen MR) is 125 cm³/mol. The normalized spacial score (nSPS) is 12.6. The van der Waals surface area contributed by atoms with Gasteiger partial charge in [0.15, 0.2) is 11.6 Å². The molecule has 8 nitrogen and oxygen atoms in total. The van der Waals surface area contributed by atoms with Crippen molar-refractivity contribution in [3.8, 4) is 17.0 Å². The number of likely N-dealkylation sites (N-methyl/N-ethyl adjacent to an activating group) is 1. The fourth-order valence-corrected chi connectivity index (χ4v) is 3.73. The van der Waals surface area contributed by atoms with Gasteiger partial charge in [0.05, 0.1) is 29.3 Å². The van der Waals surface area contributed by atoms with Crippen LogP contribution in [0, 0.1) is 5.82 Å². The first-order valence-corrected chi connectivity index (χ1v) is 10.7. The third-order valence-corrected chi connectivity index (χ3v) is 5.36. The van der Waals surface area contributed by atoms with Gasteiger partial charge in [-0.15, -0.1) is 0 Å². The Morgan fingerprint density at radius 2 is 2.12 bits per heavy atom. The first-order valence-electron chi connectivity index (χ1n) is 10.3. The number of pyridine rings is 2. The molecule has 172 valence electrons. The van der Waals surface area contributed by atoms with Gasteiger partial charge in [-0.25, -0.2) is 14.2 Å². The van der Waals surface area contributed by atoms with Crippen LogP contribution in [-0.4, -0.2) is 59.7 Å². The lowest BCUT2D eigenvalue weighted by Crippen LogP contribution is -2.21. The van der Waals surface area contributed by atoms with Crippen LogP contribution in [0.5, 0.6) is 5.75 Å². The van der Waals surface area contributed by atoms with Crippen molar-refractivity contribution >= 4 is 34.8 Å². The first kappa shape index (κ1) is 22.8. The monoisotopic (exact) mass is 471 g/mol. The fourth-order valence-electron chi connectivity index (χ4n) is 3.56. The Labute approximate surface area is 195 Å². The highest BCUT2D eigenvalue weighted by atomic mass is 35.5. The van der Waals surface area contributed by atoms with E-state index < -0.39 is 11.8 Å². The zero-order valence-electron chi connectivity index (χ0n) is 18.2. The zero-order chi connectivity index (χ0) is 23.5. The number of halogens is 2. The minimum absolute atomic E-state index is 0.0733.